The summed E-state index contributed by atoms with van der Waals surface area (Å²) in [4.78, 5) is 12.1. The highest BCUT2D eigenvalue weighted by molar-refractivity contribution is 5.76. The van der Waals surface area contributed by atoms with E-state index in [0.29, 0.717) is 12.0 Å². The van der Waals surface area contributed by atoms with E-state index in [0.717, 1.165) is 12.3 Å². The van der Waals surface area contributed by atoms with E-state index in [1.807, 2.05) is 13.8 Å². The Labute approximate surface area is 117 Å². The van der Waals surface area contributed by atoms with Crippen molar-refractivity contribution in [1.82, 2.24) is 0 Å². The summed E-state index contributed by atoms with van der Waals surface area (Å²) in [5, 5.41) is 0. The molecule has 0 aliphatic heterocycles. The minimum Gasteiger partial charge on any atom is -0.438 e. The molecule has 110 valence electrons. The average Bonchev–Trinajstić information content (AvgIpc) is 2.89. The van der Waals surface area contributed by atoms with Crippen molar-refractivity contribution >= 4 is 5.97 Å². The molecule has 2 aliphatic rings. The van der Waals surface area contributed by atoms with Crippen LogP contribution in [0.5, 0.6) is 0 Å². The van der Waals surface area contributed by atoms with Crippen LogP contribution in [0, 0.1) is 22.7 Å². The van der Waals surface area contributed by atoms with E-state index < -0.39 is 5.41 Å². The smallest absolute Gasteiger partial charge is 0.314 e. The molecule has 2 bridgehead atoms. The van der Waals surface area contributed by atoms with Crippen LogP contribution in [0.4, 0.5) is 0 Å². The summed E-state index contributed by atoms with van der Waals surface area (Å²) in [6.07, 6.45) is 5.44. The number of ether oxygens (including phenoxy) is 2. The van der Waals surface area contributed by atoms with Crippen LogP contribution in [0.3, 0.4) is 0 Å². The molecule has 0 saturated heterocycles. The van der Waals surface area contributed by atoms with Gasteiger partial charge in [-0.15, -0.1) is 0 Å². The number of hydrogen-bond donors (Lipinski definition) is 0. The molecule has 0 aromatic rings. The molecule has 19 heavy (non-hydrogen) atoms. The molecular weight excluding hydrogens is 240 g/mol. The Kier molecular flexibility index (Phi) is 3.97. The molecule has 2 rings (SSSR count). The third-order valence-corrected chi connectivity index (χ3v) is 5.53. The first-order valence-electron chi connectivity index (χ1n) is 7.50. The lowest BCUT2D eigenvalue weighted by molar-refractivity contribution is -0.179. The van der Waals surface area contributed by atoms with Gasteiger partial charge in [0.05, 0.1) is 11.5 Å². The van der Waals surface area contributed by atoms with Crippen LogP contribution in [0.1, 0.15) is 60.3 Å². The van der Waals surface area contributed by atoms with Gasteiger partial charge in [0.1, 0.15) is 0 Å². The van der Waals surface area contributed by atoms with Crippen molar-refractivity contribution in [2.24, 2.45) is 22.7 Å². The summed E-state index contributed by atoms with van der Waals surface area (Å²) >= 11 is 0. The lowest BCUT2D eigenvalue weighted by Crippen LogP contribution is -2.39. The van der Waals surface area contributed by atoms with Crippen LogP contribution >= 0.6 is 0 Å². The summed E-state index contributed by atoms with van der Waals surface area (Å²) < 4.78 is 11.1. The SMILES string of the molecule is CC(C)(C)C(C)(C)C(=O)OCOC1CC2CCC1C2. The van der Waals surface area contributed by atoms with E-state index in [1.165, 1.54) is 19.3 Å². The Morgan fingerprint density at radius 2 is 1.79 bits per heavy atom. The van der Waals surface area contributed by atoms with Gasteiger partial charge in [0.25, 0.3) is 0 Å². The van der Waals surface area contributed by atoms with Crippen LogP contribution in [0.15, 0.2) is 0 Å². The third kappa shape index (κ3) is 2.96. The molecule has 0 aromatic heterocycles. The van der Waals surface area contributed by atoms with Gasteiger partial charge in [0.2, 0.25) is 0 Å². The van der Waals surface area contributed by atoms with E-state index in [1.54, 1.807) is 0 Å². The van der Waals surface area contributed by atoms with E-state index >= 15 is 0 Å². The van der Waals surface area contributed by atoms with Gasteiger partial charge in [0.15, 0.2) is 6.79 Å². The molecule has 0 spiro atoms. The van der Waals surface area contributed by atoms with Crippen molar-refractivity contribution in [2.45, 2.75) is 66.4 Å². The highest BCUT2D eigenvalue weighted by Crippen LogP contribution is 2.46. The molecule has 0 N–H and O–H groups in total. The predicted molar refractivity (Wildman–Crippen MR) is 74.5 cm³/mol. The fraction of sp³-hybridized carbons (Fsp3) is 0.938. The second-order valence-electron chi connectivity index (χ2n) is 7.80. The van der Waals surface area contributed by atoms with Crippen molar-refractivity contribution in [1.29, 1.82) is 0 Å². The van der Waals surface area contributed by atoms with Gasteiger partial charge in [-0.1, -0.05) is 20.8 Å². The van der Waals surface area contributed by atoms with Crippen molar-refractivity contribution in [3.05, 3.63) is 0 Å². The zero-order valence-corrected chi connectivity index (χ0v) is 13.0. The minimum atomic E-state index is -0.495. The van der Waals surface area contributed by atoms with Crippen molar-refractivity contribution in [2.75, 3.05) is 6.79 Å². The lowest BCUT2D eigenvalue weighted by Gasteiger charge is -2.36. The fourth-order valence-electron chi connectivity index (χ4n) is 3.05. The van der Waals surface area contributed by atoms with Crippen molar-refractivity contribution in [3.8, 4) is 0 Å². The Morgan fingerprint density at radius 1 is 1.11 bits per heavy atom. The standard InChI is InChI=1S/C16H28O3/c1-15(2,3)16(4,5)14(17)19-10-18-13-9-11-6-7-12(13)8-11/h11-13H,6-10H2,1-5H3. The Balaban J connectivity index is 1.75. The van der Waals surface area contributed by atoms with Gasteiger partial charge in [-0.2, -0.15) is 0 Å². The fourth-order valence-corrected chi connectivity index (χ4v) is 3.05. The first kappa shape index (κ1) is 14.8. The molecular formula is C16H28O3. The second kappa shape index (κ2) is 5.08. The number of esters is 1. The number of carbonyl (C=O) groups excluding carboxylic acids is 1. The van der Waals surface area contributed by atoms with Gasteiger partial charge >= 0.3 is 5.97 Å². The second-order valence-corrected chi connectivity index (χ2v) is 7.80. The van der Waals surface area contributed by atoms with Crippen molar-refractivity contribution < 1.29 is 14.3 Å². The largest absolute Gasteiger partial charge is 0.438 e. The summed E-state index contributed by atoms with van der Waals surface area (Å²) in [5.74, 6) is 1.40. The molecule has 0 aromatic carbocycles. The summed E-state index contributed by atoms with van der Waals surface area (Å²) in [7, 11) is 0. The molecule has 0 heterocycles. The van der Waals surface area contributed by atoms with E-state index in [4.69, 9.17) is 9.47 Å². The average molecular weight is 268 g/mol. The molecule has 2 saturated carbocycles. The van der Waals surface area contributed by atoms with Gasteiger partial charge < -0.3 is 9.47 Å². The number of fused-ring (bicyclic) bond motifs is 2. The highest BCUT2D eigenvalue weighted by Gasteiger charge is 2.42. The first-order chi connectivity index (χ1) is 8.72. The maximum absolute atomic E-state index is 12.1. The molecule has 3 atom stereocenters. The molecule has 3 unspecified atom stereocenters. The summed E-state index contributed by atoms with van der Waals surface area (Å²) in [6, 6.07) is 0. The maximum Gasteiger partial charge on any atom is 0.314 e. The molecule has 3 heteroatoms. The van der Waals surface area contributed by atoms with E-state index in [2.05, 4.69) is 20.8 Å². The van der Waals surface area contributed by atoms with Crippen LogP contribution in [-0.4, -0.2) is 18.9 Å². The zero-order chi connectivity index (χ0) is 14.3. The Bertz CT molecular complexity index is 340. The van der Waals surface area contributed by atoms with Gasteiger partial charge in [-0.25, -0.2) is 0 Å². The minimum absolute atomic E-state index is 0.115. The highest BCUT2D eigenvalue weighted by atomic mass is 16.7. The molecule has 3 nitrogen and oxygen atoms in total. The van der Waals surface area contributed by atoms with Crippen LogP contribution in [-0.2, 0) is 14.3 Å². The number of carbonyl (C=O) groups is 1. The molecule has 2 fully saturated rings. The quantitative estimate of drug-likeness (QED) is 0.575. The lowest BCUT2D eigenvalue weighted by atomic mass is 9.69. The van der Waals surface area contributed by atoms with Crippen LogP contribution in [0.2, 0.25) is 0 Å². The Hall–Kier alpha value is -0.570. The van der Waals surface area contributed by atoms with E-state index in [9.17, 15) is 4.79 Å². The topological polar surface area (TPSA) is 35.5 Å². The monoisotopic (exact) mass is 268 g/mol. The summed E-state index contributed by atoms with van der Waals surface area (Å²) in [5.41, 5.74) is -0.610. The third-order valence-electron chi connectivity index (χ3n) is 5.53. The maximum atomic E-state index is 12.1. The van der Waals surface area contributed by atoms with Crippen LogP contribution < -0.4 is 0 Å². The molecule has 0 amide bonds. The van der Waals surface area contributed by atoms with Crippen LogP contribution in [0.25, 0.3) is 0 Å². The van der Waals surface area contributed by atoms with Gasteiger partial charge in [-0.05, 0) is 56.8 Å². The molecule has 2 aliphatic carbocycles. The van der Waals surface area contributed by atoms with Crippen molar-refractivity contribution in [3.63, 3.8) is 0 Å². The number of rotatable bonds is 4. The zero-order valence-electron chi connectivity index (χ0n) is 13.0. The normalized spacial score (nSPS) is 30.7. The molecule has 0 radical (unpaired) electrons. The predicted octanol–water partition coefficient (Wildman–Crippen LogP) is 3.76. The van der Waals surface area contributed by atoms with Gasteiger partial charge in [-0.3, -0.25) is 4.79 Å². The number of hydrogen-bond acceptors (Lipinski definition) is 3. The summed E-state index contributed by atoms with van der Waals surface area (Å²) in [6.45, 7) is 10.2. The first-order valence-corrected chi connectivity index (χ1v) is 7.50. The Morgan fingerprint density at radius 3 is 2.26 bits per heavy atom. The van der Waals surface area contributed by atoms with Gasteiger partial charge in [0, 0.05) is 0 Å². The van der Waals surface area contributed by atoms with E-state index in [-0.39, 0.29) is 18.2 Å².